The largest absolute Gasteiger partial charge is 0.494 e. The number of fused-ring (bicyclic) bond motifs is 1. The molecule has 0 bridgehead atoms. The molecule has 0 radical (unpaired) electrons. The molecule has 1 aliphatic heterocycles. The molecule has 0 unspecified atom stereocenters. The lowest BCUT2D eigenvalue weighted by Gasteiger charge is -2.29. The number of rotatable bonds is 8. The Morgan fingerprint density at radius 3 is 2.92 bits per heavy atom. The molecular weight excluding hydrogens is 479 g/mol. The van der Waals surface area contributed by atoms with Crippen molar-refractivity contribution in [3.63, 3.8) is 0 Å². The van der Waals surface area contributed by atoms with Crippen molar-refractivity contribution in [2.24, 2.45) is 0 Å². The Bertz CT molecular complexity index is 1380. The molecule has 2 aromatic carbocycles. The summed E-state index contributed by atoms with van der Waals surface area (Å²) in [6.07, 6.45) is 6.16. The molecule has 10 nitrogen and oxygen atoms in total. The quantitative estimate of drug-likeness (QED) is 0.287. The van der Waals surface area contributed by atoms with Crippen LogP contribution < -0.4 is 15.4 Å². The Morgan fingerprint density at radius 2 is 2.16 bits per heavy atom. The molecule has 1 saturated heterocycles. The first-order valence-corrected chi connectivity index (χ1v) is 11.9. The molecule has 0 aliphatic carbocycles. The van der Waals surface area contributed by atoms with Gasteiger partial charge in [-0.25, -0.2) is 14.4 Å². The van der Waals surface area contributed by atoms with Crippen LogP contribution in [0.1, 0.15) is 40.4 Å². The van der Waals surface area contributed by atoms with E-state index in [4.69, 9.17) is 9.47 Å². The maximum absolute atomic E-state index is 14.4. The van der Waals surface area contributed by atoms with Gasteiger partial charge in [-0.2, -0.15) is 5.10 Å². The van der Waals surface area contributed by atoms with E-state index in [2.05, 4.69) is 30.8 Å². The van der Waals surface area contributed by atoms with Gasteiger partial charge in [0.1, 0.15) is 0 Å². The molecule has 3 atom stereocenters. The predicted molar refractivity (Wildman–Crippen MR) is 134 cm³/mol. The van der Waals surface area contributed by atoms with E-state index in [9.17, 15) is 14.3 Å². The molecule has 1 amide bonds. The number of aromatic amines is 1. The minimum Gasteiger partial charge on any atom is -0.494 e. The summed E-state index contributed by atoms with van der Waals surface area (Å²) in [6.45, 7) is 0.523. The number of amides is 1. The van der Waals surface area contributed by atoms with Gasteiger partial charge in [0.05, 0.1) is 37.6 Å². The average molecular weight is 507 g/mol. The van der Waals surface area contributed by atoms with Gasteiger partial charge in [-0.15, -0.1) is 0 Å². The number of carbonyl (C=O) groups is 1. The number of hydrogen-bond acceptors (Lipinski definition) is 8. The van der Waals surface area contributed by atoms with Crippen molar-refractivity contribution in [3.8, 4) is 5.75 Å². The van der Waals surface area contributed by atoms with Gasteiger partial charge in [0.25, 0.3) is 5.91 Å². The summed E-state index contributed by atoms with van der Waals surface area (Å²) in [5, 5.41) is 23.1. The van der Waals surface area contributed by atoms with Crippen LogP contribution in [0.25, 0.3) is 10.9 Å². The number of benzene rings is 2. The maximum Gasteiger partial charge on any atom is 0.252 e. The Morgan fingerprint density at radius 1 is 1.27 bits per heavy atom. The number of aliphatic hydroxyl groups excluding tert-OH is 1. The molecule has 37 heavy (non-hydrogen) atoms. The van der Waals surface area contributed by atoms with Crippen LogP contribution >= 0.6 is 0 Å². The third kappa shape index (κ3) is 5.52. The summed E-state index contributed by atoms with van der Waals surface area (Å²) in [7, 11) is 1.40. The van der Waals surface area contributed by atoms with Crippen molar-refractivity contribution < 1.29 is 23.8 Å². The van der Waals surface area contributed by atoms with Crippen molar-refractivity contribution in [1.29, 1.82) is 0 Å². The Balaban J connectivity index is 1.37. The van der Waals surface area contributed by atoms with Gasteiger partial charge in [0.2, 0.25) is 5.95 Å². The summed E-state index contributed by atoms with van der Waals surface area (Å²) in [5.74, 6) is -0.321. The summed E-state index contributed by atoms with van der Waals surface area (Å²) in [4.78, 5) is 22.3. The summed E-state index contributed by atoms with van der Waals surface area (Å²) >= 11 is 0. The first-order valence-electron chi connectivity index (χ1n) is 11.9. The molecule has 192 valence electrons. The third-order valence-corrected chi connectivity index (χ3v) is 6.39. The number of H-pyrrole nitrogens is 1. The number of nitrogens with zero attached hydrogens (tertiary/aromatic N) is 3. The second kappa shape index (κ2) is 10.9. The summed E-state index contributed by atoms with van der Waals surface area (Å²) < 4.78 is 25.0. The minimum absolute atomic E-state index is 0.0296. The molecule has 5 rings (SSSR count). The van der Waals surface area contributed by atoms with Gasteiger partial charge in [-0.1, -0.05) is 12.1 Å². The van der Waals surface area contributed by atoms with Crippen molar-refractivity contribution >= 4 is 22.8 Å². The number of hydrogen-bond donors (Lipinski definition) is 4. The molecule has 0 spiro atoms. The van der Waals surface area contributed by atoms with Crippen LogP contribution in [0.3, 0.4) is 0 Å². The topological polar surface area (TPSA) is 134 Å². The van der Waals surface area contributed by atoms with Crippen LogP contribution in [0.5, 0.6) is 5.75 Å². The Kier molecular flexibility index (Phi) is 7.24. The number of nitrogens with one attached hydrogen (secondary N) is 3. The Labute approximate surface area is 212 Å². The summed E-state index contributed by atoms with van der Waals surface area (Å²) in [5.41, 5.74) is 2.21. The number of aromatic nitrogens is 4. The SMILES string of the molecule is COc1ccc([C@H](NC(=O)c2ccc3cnc(N[C@@H]4CCO[C@H](CO)C4)nc3c2)c2cn[nH]c2)cc1F. The second-order valence-corrected chi connectivity index (χ2v) is 8.84. The lowest BCUT2D eigenvalue weighted by molar-refractivity contribution is -0.0213. The average Bonchev–Trinajstić information content (AvgIpc) is 3.46. The van der Waals surface area contributed by atoms with E-state index < -0.39 is 11.9 Å². The number of halogens is 1. The fourth-order valence-corrected chi connectivity index (χ4v) is 4.41. The minimum atomic E-state index is -0.641. The Hall–Kier alpha value is -4.09. The van der Waals surface area contributed by atoms with Crippen LogP contribution in [0.2, 0.25) is 0 Å². The van der Waals surface area contributed by atoms with E-state index in [-0.39, 0.29) is 30.4 Å². The zero-order valence-corrected chi connectivity index (χ0v) is 20.1. The van der Waals surface area contributed by atoms with E-state index in [1.54, 1.807) is 42.9 Å². The van der Waals surface area contributed by atoms with E-state index in [1.165, 1.54) is 19.2 Å². The molecule has 1 fully saturated rings. The zero-order valence-electron chi connectivity index (χ0n) is 20.1. The van der Waals surface area contributed by atoms with E-state index in [1.807, 2.05) is 0 Å². The number of aliphatic hydroxyl groups is 1. The molecule has 4 N–H and O–H groups in total. The van der Waals surface area contributed by atoms with Gasteiger partial charge in [0, 0.05) is 41.6 Å². The number of ether oxygens (including phenoxy) is 2. The molecule has 0 saturated carbocycles. The highest BCUT2D eigenvalue weighted by molar-refractivity contribution is 5.98. The molecule has 1 aliphatic rings. The van der Waals surface area contributed by atoms with Crippen molar-refractivity contribution in [1.82, 2.24) is 25.5 Å². The van der Waals surface area contributed by atoms with Gasteiger partial charge in [0.15, 0.2) is 11.6 Å². The molecule has 4 aromatic rings. The fourth-order valence-electron chi connectivity index (χ4n) is 4.41. The van der Waals surface area contributed by atoms with Crippen LogP contribution in [0.15, 0.2) is 55.0 Å². The maximum atomic E-state index is 14.4. The van der Waals surface area contributed by atoms with Crippen LogP contribution in [-0.4, -0.2) is 63.6 Å². The number of anilines is 1. The highest BCUT2D eigenvalue weighted by Crippen LogP contribution is 2.27. The van der Waals surface area contributed by atoms with Crippen LogP contribution in [-0.2, 0) is 4.74 Å². The molecular formula is C26H27FN6O4. The number of carbonyl (C=O) groups excluding carboxylic acids is 1. The second-order valence-electron chi connectivity index (χ2n) is 8.84. The van der Waals surface area contributed by atoms with Gasteiger partial charge >= 0.3 is 0 Å². The third-order valence-electron chi connectivity index (χ3n) is 6.39. The van der Waals surface area contributed by atoms with E-state index >= 15 is 0 Å². The lowest BCUT2D eigenvalue weighted by Crippen LogP contribution is -2.36. The monoisotopic (exact) mass is 506 g/mol. The predicted octanol–water partition coefficient (Wildman–Crippen LogP) is 2.97. The van der Waals surface area contributed by atoms with Crippen LogP contribution in [0.4, 0.5) is 10.3 Å². The molecule has 11 heteroatoms. The van der Waals surface area contributed by atoms with Crippen LogP contribution in [0, 0.1) is 5.82 Å². The van der Waals surface area contributed by atoms with Gasteiger partial charge in [-0.3, -0.25) is 9.89 Å². The first kappa shape index (κ1) is 24.6. The highest BCUT2D eigenvalue weighted by Gasteiger charge is 2.23. The lowest BCUT2D eigenvalue weighted by atomic mass is 10.0. The first-order chi connectivity index (χ1) is 18.0. The zero-order chi connectivity index (χ0) is 25.8. The smallest absolute Gasteiger partial charge is 0.252 e. The van der Waals surface area contributed by atoms with Gasteiger partial charge < -0.3 is 25.2 Å². The molecule has 2 aromatic heterocycles. The van der Waals surface area contributed by atoms with Crippen molar-refractivity contribution in [2.75, 3.05) is 25.6 Å². The standard InChI is InChI=1S/C26H27FN6O4/c1-36-23-5-4-15(8-21(23)27)24(18-12-29-30-13-18)33-25(35)16-2-3-17-11-28-26(32-22(17)9-16)31-19-6-7-37-20(10-19)14-34/h2-5,8-9,11-13,19-20,24,34H,6-7,10,14H2,1H3,(H,29,30)(H,33,35)(H,28,31,32)/t19-,20+,24+/m1/s1. The van der Waals surface area contributed by atoms with Crippen molar-refractivity contribution in [3.05, 3.63) is 77.5 Å². The molecule has 3 heterocycles. The van der Waals surface area contributed by atoms with Gasteiger partial charge in [-0.05, 0) is 42.7 Å². The van der Waals surface area contributed by atoms with E-state index in [0.717, 1.165) is 11.8 Å². The highest BCUT2D eigenvalue weighted by atomic mass is 19.1. The number of methoxy groups -OCH3 is 1. The summed E-state index contributed by atoms with van der Waals surface area (Å²) in [6, 6.07) is 9.16. The fraction of sp³-hybridized carbons (Fsp3) is 0.308. The van der Waals surface area contributed by atoms with Crippen molar-refractivity contribution in [2.45, 2.75) is 31.0 Å². The van der Waals surface area contributed by atoms with E-state index in [0.29, 0.717) is 41.2 Å². The normalized spacial score (nSPS) is 18.4.